The van der Waals surface area contributed by atoms with Crippen molar-refractivity contribution in [2.24, 2.45) is 0 Å². The Morgan fingerprint density at radius 3 is 2.29 bits per heavy atom. The first kappa shape index (κ1) is 20.7. The van der Waals surface area contributed by atoms with Crippen LogP contribution in [0.1, 0.15) is 30.6 Å². The number of amides is 2. The van der Waals surface area contributed by atoms with Crippen LogP contribution in [0.3, 0.4) is 0 Å². The minimum atomic E-state index is -0.799. The van der Waals surface area contributed by atoms with Crippen molar-refractivity contribution < 1.29 is 23.9 Å². The molecule has 0 bridgehead atoms. The van der Waals surface area contributed by atoms with E-state index in [0.29, 0.717) is 16.9 Å². The first-order valence-electron chi connectivity index (χ1n) is 8.85. The molecule has 0 aliphatic rings. The van der Waals surface area contributed by atoms with E-state index in [1.807, 2.05) is 6.92 Å². The van der Waals surface area contributed by atoms with Gasteiger partial charge in [-0.05, 0) is 61.9 Å². The Morgan fingerprint density at radius 2 is 1.64 bits per heavy atom. The van der Waals surface area contributed by atoms with Crippen molar-refractivity contribution in [2.75, 3.05) is 17.2 Å². The number of anilines is 2. The van der Waals surface area contributed by atoms with E-state index < -0.39 is 6.16 Å². The molecule has 0 atom stereocenters. The van der Waals surface area contributed by atoms with Crippen LogP contribution in [0.2, 0.25) is 0 Å². The second kappa shape index (κ2) is 10.5. The van der Waals surface area contributed by atoms with Gasteiger partial charge in [0, 0.05) is 16.9 Å². The van der Waals surface area contributed by atoms with Crippen LogP contribution in [-0.4, -0.2) is 24.6 Å². The van der Waals surface area contributed by atoms with Crippen molar-refractivity contribution in [1.29, 1.82) is 0 Å². The molecule has 2 aromatic rings. The van der Waals surface area contributed by atoms with Gasteiger partial charge in [-0.2, -0.15) is 0 Å². The molecule has 0 spiro atoms. The predicted molar refractivity (Wildman–Crippen MR) is 107 cm³/mol. The Balaban J connectivity index is 1.98. The molecule has 7 heteroatoms. The molecule has 0 heterocycles. The zero-order chi connectivity index (χ0) is 20.4. The first-order valence-corrected chi connectivity index (χ1v) is 8.85. The number of benzene rings is 2. The van der Waals surface area contributed by atoms with Crippen LogP contribution < -0.4 is 15.4 Å². The van der Waals surface area contributed by atoms with Crippen LogP contribution in [0.4, 0.5) is 16.2 Å². The maximum Gasteiger partial charge on any atom is 0.513 e. The fourth-order valence-corrected chi connectivity index (χ4v) is 2.20. The number of carbonyl (C=O) groups excluding carboxylic acids is 3. The number of carbonyl (C=O) groups is 3. The monoisotopic (exact) mass is 382 g/mol. The van der Waals surface area contributed by atoms with Gasteiger partial charge in [0.15, 0.2) is 0 Å². The van der Waals surface area contributed by atoms with Crippen LogP contribution in [-0.2, 0) is 9.53 Å². The summed E-state index contributed by atoms with van der Waals surface area (Å²) in [4.78, 5) is 35.4. The molecule has 146 valence electrons. The summed E-state index contributed by atoms with van der Waals surface area (Å²) < 4.78 is 9.64. The SMILES string of the molecule is CC/C=C/C(=O)Nc1cccc(NC(=O)c2ccc(OC(=O)OCC)cc2)c1. The molecule has 0 unspecified atom stereocenters. The molecule has 0 saturated heterocycles. The highest BCUT2D eigenvalue weighted by molar-refractivity contribution is 6.05. The molecule has 28 heavy (non-hydrogen) atoms. The highest BCUT2D eigenvalue weighted by Crippen LogP contribution is 2.18. The predicted octanol–water partition coefficient (Wildman–Crippen LogP) is 4.38. The van der Waals surface area contributed by atoms with Crippen LogP contribution >= 0.6 is 0 Å². The lowest BCUT2D eigenvalue weighted by Crippen LogP contribution is -2.13. The molecular weight excluding hydrogens is 360 g/mol. The van der Waals surface area contributed by atoms with E-state index in [0.717, 1.165) is 6.42 Å². The van der Waals surface area contributed by atoms with Crippen molar-refractivity contribution in [3.8, 4) is 5.75 Å². The lowest BCUT2D eigenvalue weighted by atomic mass is 10.2. The third-order valence-corrected chi connectivity index (χ3v) is 3.47. The minimum absolute atomic E-state index is 0.216. The summed E-state index contributed by atoms with van der Waals surface area (Å²) in [6.45, 7) is 3.83. The highest BCUT2D eigenvalue weighted by atomic mass is 16.7. The van der Waals surface area contributed by atoms with Gasteiger partial charge in [-0.15, -0.1) is 0 Å². The molecule has 2 N–H and O–H groups in total. The van der Waals surface area contributed by atoms with E-state index in [1.54, 1.807) is 37.3 Å². The van der Waals surface area contributed by atoms with Crippen molar-refractivity contribution in [2.45, 2.75) is 20.3 Å². The van der Waals surface area contributed by atoms with Gasteiger partial charge in [-0.25, -0.2) is 4.79 Å². The van der Waals surface area contributed by atoms with Crippen LogP contribution in [0.25, 0.3) is 0 Å². The summed E-state index contributed by atoms with van der Waals surface area (Å²) >= 11 is 0. The van der Waals surface area contributed by atoms with E-state index in [4.69, 9.17) is 4.74 Å². The molecular formula is C21H22N2O5. The number of allylic oxidation sites excluding steroid dienone is 1. The fourth-order valence-electron chi connectivity index (χ4n) is 2.20. The summed E-state index contributed by atoms with van der Waals surface area (Å²) in [6, 6.07) is 12.9. The second-order valence-electron chi connectivity index (χ2n) is 5.64. The highest BCUT2D eigenvalue weighted by Gasteiger charge is 2.09. The molecule has 0 aliphatic carbocycles. The van der Waals surface area contributed by atoms with Crippen molar-refractivity contribution in [3.63, 3.8) is 0 Å². The first-order chi connectivity index (χ1) is 13.5. The van der Waals surface area contributed by atoms with Gasteiger partial charge >= 0.3 is 6.16 Å². The maximum absolute atomic E-state index is 12.4. The number of nitrogens with one attached hydrogen (secondary N) is 2. The summed E-state index contributed by atoms with van der Waals surface area (Å²) in [6.07, 6.45) is 3.20. The van der Waals surface area contributed by atoms with Gasteiger partial charge < -0.3 is 20.1 Å². The Kier molecular flexibility index (Phi) is 7.77. The number of hydrogen-bond acceptors (Lipinski definition) is 5. The fraction of sp³-hybridized carbons (Fsp3) is 0.190. The molecule has 2 aromatic carbocycles. The molecule has 0 aromatic heterocycles. The van der Waals surface area contributed by atoms with E-state index in [9.17, 15) is 14.4 Å². The van der Waals surface area contributed by atoms with Gasteiger partial charge in [0.05, 0.1) is 6.61 Å². The number of ether oxygens (including phenoxy) is 2. The van der Waals surface area contributed by atoms with Gasteiger partial charge in [0.1, 0.15) is 5.75 Å². The third kappa shape index (κ3) is 6.60. The normalized spacial score (nSPS) is 10.4. The van der Waals surface area contributed by atoms with Gasteiger partial charge in [0.25, 0.3) is 5.91 Å². The van der Waals surface area contributed by atoms with Crippen LogP contribution in [0, 0.1) is 0 Å². The summed E-state index contributed by atoms with van der Waals surface area (Å²) in [5.41, 5.74) is 1.49. The van der Waals surface area contributed by atoms with Gasteiger partial charge in [-0.3, -0.25) is 9.59 Å². The molecule has 0 fully saturated rings. The number of hydrogen-bond donors (Lipinski definition) is 2. The largest absolute Gasteiger partial charge is 0.513 e. The average molecular weight is 382 g/mol. The van der Waals surface area contributed by atoms with E-state index in [-0.39, 0.29) is 24.2 Å². The molecule has 7 nitrogen and oxygen atoms in total. The number of rotatable bonds is 7. The van der Waals surface area contributed by atoms with Gasteiger partial charge in [0.2, 0.25) is 5.91 Å². The van der Waals surface area contributed by atoms with E-state index >= 15 is 0 Å². The molecule has 2 rings (SSSR count). The minimum Gasteiger partial charge on any atom is -0.434 e. The lowest BCUT2D eigenvalue weighted by molar-refractivity contribution is -0.111. The molecule has 0 saturated carbocycles. The topological polar surface area (TPSA) is 93.7 Å². The molecule has 0 aliphatic heterocycles. The van der Waals surface area contributed by atoms with Crippen molar-refractivity contribution in [1.82, 2.24) is 0 Å². The maximum atomic E-state index is 12.4. The van der Waals surface area contributed by atoms with Crippen LogP contribution in [0.5, 0.6) is 5.75 Å². The molecule has 2 amide bonds. The Labute approximate surface area is 163 Å². The third-order valence-electron chi connectivity index (χ3n) is 3.47. The summed E-state index contributed by atoms with van der Waals surface area (Å²) in [5.74, 6) is -0.292. The average Bonchev–Trinajstić information content (AvgIpc) is 2.67. The smallest absolute Gasteiger partial charge is 0.434 e. The van der Waals surface area contributed by atoms with E-state index in [2.05, 4.69) is 15.4 Å². The Bertz CT molecular complexity index is 859. The zero-order valence-electron chi connectivity index (χ0n) is 15.7. The Morgan fingerprint density at radius 1 is 0.964 bits per heavy atom. The van der Waals surface area contributed by atoms with E-state index in [1.165, 1.54) is 30.3 Å². The zero-order valence-corrected chi connectivity index (χ0v) is 15.7. The summed E-state index contributed by atoms with van der Waals surface area (Å²) in [7, 11) is 0. The summed E-state index contributed by atoms with van der Waals surface area (Å²) in [5, 5.41) is 5.48. The quantitative estimate of drug-likeness (QED) is 0.421. The van der Waals surface area contributed by atoms with Gasteiger partial charge in [-0.1, -0.05) is 19.1 Å². The van der Waals surface area contributed by atoms with Crippen molar-refractivity contribution in [3.05, 3.63) is 66.2 Å². The lowest BCUT2D eigenvalue weighted by Gasteiger charge is -2.09. The standard InChI is InChI=1S/C21H22N2O5/c1-3-5-9-19(24)22-16-7-6-8-17(14-16)23-20(25)15-10-12-18(13-11-15)28-21(26)27-4-2/h5-14H,3-4H2,1-2H3,(H,22,24)(H,23,25)/b9-5+. The van der Waals surface area contributed by atoms with Crippen molar-refractivity contribution >= 4 is 29.3 Å². The molecule has 0 radical (unpaired) electrons. The second-order valence-corrected chi connectivity index (χ2v) is 5.64. The Hall–Kier alpha value is -3.61. The van der Waals surface area contributed by atoms with Crippen LogP contribution in [0.15, 0.2) is 60.7 Å².